The zero-order valence-electron chi connectivity index (χ0n) is 22.0. The molecule has 2 fully saturated rings. The highest BCUT2D eigenvalue weighted by molar-refractivity contribution is 5.88. The number of phenolic OH excluding ortho intramolecular Hbond substituents is 3. The van der Waals surface area contributed by atoms with E-state index in [9.17, 15) is 61.0 Å². The fourth-order valence-corrected chi connectivity index (χ4v) is 5.13. The molecule has 0 aliphatic carbocycles. The molecular formula is C27H30O16. The minimum Gasteiger partial charge on any atom is -0.507 e. The summed E-state index contributed by atoms with van der Waals surface area (Å²) in [5, 5.41) is 111. The van der Waals surface area contributed by atoms with Gasteiger partial charge in [-0.15, -0.1) is 0 Å². The van der Waals surface area contributed by atoms with Crippen molar-refractivity contribution < 1.29 is 74.8 Å². The van der Waals surface area contributed by atoms with Gasteiger partial charge in [0.15, 0.2) is 16.9 Å². The van der Waals surface area contributed by atoms with Gasteiger partial charge in [-0.25, -0.2) is 0 Å². The number of aliphatic hydroxyl groups is 8. The number of rotatable bonds is 6. The molecule has 3 aromatic rings. The maximum atomic E-state index is 13.1. The van der Waals surface area contributed by atoms with Crippen LogP contribution in [0.4, 0.5) is 0 Å². The Bertz CT molecular complexity index is 1540. The van der Waals surface area contributed by atoms with Crippen LogP contribution in [-0.2, 0) is 9.47 Å². The van der Waals surface area contributed by atoms with Gasteiger partial charge in [-0.2, -0.15) is 0 Å². The van der Waals surface area contributed by atoms with Crippen LogP contribution in [0.3, 0.4) is 0 Å². The van der Waals surface area contributed by atoms with E-state index < -0.39 is 108 Å². The van der Waals surface area contributed by atoms with Crippen LogP contribution in [0.15, 0.2) is 39.5 Å². The number of ether oxygens (including phenoxy) is 3. The average Bonchev–Trinajstić information content (AvgIpc) is 2.97. The van der Waals surface area contributed by atoms with Crippen LogP contribution in [0.25, 0.3) is 22.3 Å². The molecule has 2 saturated heterocycles. The van der Waals surface area contributed by atoms with Gasteiger partial charge in [0.1, 0.15) is 83.2 Å². The number of hydrogen-bond donors (Lipinski definition) is 11. The smallest absolute Gasteiger partial charge is 0.229 e. The van der Waals surface area contributed by atoms with E-state index in [-0.39, 0.29) is 22.7 Å². The Morgan fingerprint density at radius 2 is 1.35 bits per heavy atom. The molecule has 0 bridgehead atoms. The molecule has 0 spiro atoms. The van der Waals surface area contributed by atoms with Crippen molar-refractivity contribution in [3.05, 3.63) is 46.1 Å². The zero-order chi connectivity index (χ0) is 31.3. The first kappa shape index (κ1) is 30.9. The molecule has 1 aromatic heterocycles. The molecule has 11 N–H and O–H groups in total. The lowest BCUT2D eigenvalue weighted by atomic mass is 9.89. The van der Waals surface area contributed by atoms with Gasteiger partial charge in [0.2, 0.25) is 6.29 Å². The monoisotopic (exact) mass is 610 g/mol. The summed E-state index contributed by atoms with van der Waals surface area (Å²) in [6.45, 7) is -1.45. The minimum absolute atomic E-state index is 0.120. The van der Waals surface area contributed by atoms with Crippen molar-refractivity contribution in [2.75, 3.05) is 13.2 Å². The molecule has 2 aromatic carbocycles. The van der Waals surface area contributed by atoms with Gasteiger partial charge in [0.25, 0.3) is 0 Å². The number of phenols is 3. The predicted molar refractivity (Wildman–Crippen MR) is 140 cm³/mol. The third-order valence-corrected chi connectivity index (χ3v) is 7.52. The van der Waals surface area contributed by atoms with Gasteiger partial charge in [-0.1, -0.05) is 0 Å². The Hall–Kier alpha value is -3.55. The van der Waals surface area contributed by atoms with Gasteiger partial charge < -0.3 is 74.8 Å². The fraction of sp³-hybridized carbons (Fsp3) is 0.444. The van der Waals surface area contributed by atoms with E-state index >= 15 is 0 Å². The highest BCUT2D eigenvalue weighted by Crippen LogP contribution is 2.45. The highest BCUT2D eigenvalue weighted by atomic mass is 16.7. The fourth-order valence-electron chi connectivity index (χ4n) is 5.13. The molecule has 5 unspecified atom stereocenters. The maximum Gasteiger partial charge on any atom is 0.229 e. The molecule has 16 heteroatoms. The van der Waals surface area contributed by atoms with Crippen LogP contribution in [0, 0.1) is 0 Å². The molecule has 16 nitrogen and oxygen atoms in total. The Labute approximate surface area is 241 Å². The molecule has 10 atom stereocenters. The van der Waals surface area contributed by atoms with Crippen molar-refractivity contribution in [1.29, 1.82) is 0 Å². The maximum absolute atomic E-state index is 13.1. The van der Waals surface area contributed by atoms with Gasteiger partial charge in [0.05, 0.1) is 18.8 Å². The summed E-state index contributed by atoms with van der Waals surface area (Å²) < 4.78 is 21.8. The van der Waals surface area contributed by atoms with Gasteiger partial charge in [-0.3, -0.25) is 4.79 Å². The van der Waals surface area contributed by atoms with Crippen LogP contribution in [0.5, 0.6) is 23.0 Å². The van der Waals surface area contributed by atoms with Crippen molar-refractivity contribution in [1.82, 2.24) is 0 Å². The second-order valence-corrected chi connectivity index (χ2v) is 10.3. The van der Waals surface area contributed by atoms with Crippen LogP contribution in [-0.4, -0.2) is 125 Å². The Morgan fingerprint density at radius 1 is 0.721 bits per heavy atom. The molecule has 2 aliphatic heterocycles. The first-order chi connectivity index (χ1) is 20.4. The summed E-state index contributed by atoms with van der Waals surface area (Å²) in [5.41, 5.74) is -1.50. The van der Waals surface area contributed by atoms with Crippen molar-refractivity contribution in [2.24, 2.45) is 0 Å². The van der Waals surface area contributed by atoms with E-state index in [0.717, 1.165) is 18.2 Å². The van der Waals surface area contributed by atoms with Gasteiger partial charge in [-0.05, 0) is 18.2 Å². The standard InChI is InChI=1S/C27H30O16/c28-6-15-19(33)22(36)24(38)26(41-15)18-11(32)5-14-17(21(18)35)10(31)4-13(40-14)8-1-2-12(9(30)3-8)42-27-25(39)23(37)20(34)16(7-29)43-27/h1-5,15-16,19-20,22-30,32-39H,6-7H2/t15?,16?,19-,20-,22+,23?,24?,25?,26+,27-/m1/s1. The molecule has 0 amide bonds. The number of fused-ring (bicyclic) bond motifs is 1. The van der Waals surface area contributed by atoms with Crippen LogP contribution < -0.4 is 10.2 Å². The Balaban J connectivity index is 1.46. The molecular weight excluding hydrogens is 580 g/mol. The van der Waals surface area contributed by atoms with E-state index in [0.29, 0.717) is 0 Å². The predicted octanol–water partition coefficient (Wildman–Crippen LogP) is -2.73. The van der Waals surface area contributed by atoms with Crippen LogP contribution in [0.2, 0.25) is 0 Å². The third-order valence-electron chi connectivity index (χ3n) is 7.52. The summed E-state index contributed by atoms with van der Waals surface area (Å²) in [7, 11) is 0. The lowest BCUT2D eigenvalue weighted by molar-refractivity contribution is -0.277. The molecule has 0 radical (unpaired) electrons. The van der Waals surface area contributed by atoms with E-state index in [4.69, 9.17) is 18.6 Å². The SMILES string of the molecule is O=c1cc(-c2ccc(O[C@@H]3OC(CO)[C@@H](O)C(O)C3O)c(O)c2)oc2cc(O)c([C@@H]3OC(CO)[C@@H](O)[C@H](O)C3O)c(O)c12. The first-order valence-electron chi connectivity index (χ1n) is 13.0. The molecule has 5 rings (SSSR count). The van der Waals surface area contributed by atoms with Crippen molar-refractivity contribution >= 4 is 11.0 Å². The molecule has 0 saturated carbocycles. The molecule has 3 heterocycles. The summed E-state index contributed by atoms with van der Waals surface area (Å²) >= 11 is 0. The van der Waals surface area contributed by atoms with Crippen molar-refractivity contribution in [3.63, 3.8) is 0 Å². The zero-order valence-corrected chi connectivity index (χ0v) is 22.0. The number of aromatic hydroxyl groups is 3. The first-order valence-corrected chi connectivity index (χ1v) is 13.0. The Kier molecular flexibility index (Phi) is 8.52. The van der Waals surface area contributed by atoms with Crippen LogP contribution in [0.1, 0.15) is 11.7 Å². The number of hydrogen-bond acceptors (Lipinski definition) is 16. The quantitative estimate of drug-likeness (QED) is 0.135. The van der Waals surface area contributed by atoms with E-state index in [1.165, 1.54) is 12.1 Å². The lowest BCUT2D eigenvalue weighted by Crippen LogP contribution is -2.60. The second-order valence-electron chi connectivity index (χ2n) is 10.3. The number of benzene rings is 2. The van der Waals surface area contributed by atoms with Gasteiger partial charge >= 0.3 is 0 Å². The van der Waals surface area contributed by atoms with Crippen LogP contribution >= 0.6 is 0 Å². The average molecular weight is 611 g/mol. The summed E-state index contributed by atoms with van der Waals surface area (Å²) in [6, 6.07) is 5.58. The molecule has 43 heavy (non-hydrogen) atoms. The number of aliphatic hydroxyl groups excluding tert-OH is 8. The topological polar surface area (TPSA) is 280 Å². The molecule has 2 aliphatic rings. The normalized spacial score (nSPS) is 33.0. The third kappa shape index (κ3) is 5.38. The lowest BCUT2D eigenvalue weighted by Gasteiger charge is -2.40. The van der Waals surface area contributed by atoms with E-state index in [1.54, 1.807) is 0 Å². The van der Waals surface area contributed by atoms with E-state index in [2.05, 4.69) is 0 Å². The Morgan fingerprint density at radius 3 is 1.98 bits per heavy atom. The summed E-state index contributed by atoms with van der Waals surface area (Å²) in [6.07, 6.45) is -16.2. The van der Waals surface area contributed by atoms with Crippen molar-refractivity contribution in [2.45, 2.75) is 61.2 Å². The summed E-state index contributed by atoms with van der Waals surface area (Å²) in [5.74, 6) is -2.45. The summed E-state index contributed by atoms with van der Waals surface area (Å²) in [4.78, 5) is 13.1. The second kappa shape index (κ2) is 11.9. The largest absolute Gasteiger partial charge is 0.507 e. The van der Waals surface area contributed by atoms with Gasteiger partial charge in [0, 0.05) is 17.7 Å². The molecule has 234 valence electrons. The highest BCUT2D eigenvalue weighted by Gasteiger charge is 2.47. The van der Waals surface area contributed by atoms with E-state index in [1.807, 2.05) is 0 Å². The van der Waals surface area contributed by atoms with Crippen molar-refractivity contribution in [3.8, 4) is 34.3 Å². The minimum atomic E-state index is -1.86.